The number of ether oxygens (including phenoxy) is 2. The Balaban J connectivity index is 1.22. The fraction of sp³-hybridized carbons (Fsp3) is 0.481. The van der Waals surface area contributed by atoms with Crippen molar-refractivity contribution in [2.75, 3.05) is 33.2 Å². The molecule has 3 aliphatic rings. The summed E-state index contributed by atoms with van der Waals surface area (Å²) in [6.45, 7) is 4.04. The van der Waals surface area contributed by atoms with Crippen LogP contribution in [0.4, 0.5) is 0 Å². The van der Waals surface area contributed by atoms with Gasteiger partial charge in [-0.2, -0.15) is 0 Å². The SMILES string of the molecule is CN(CCN1CCCC1)C(=O)C1CCC2(CC1)OC(=O)c1cc(Oc3ccccc3)ccc12. The Morgan fingerprint density at radius 3 is 2.55 bits per heavy atom. The number of rotatable bonds is 6. The lowest BCUT2D eigenvalue weighted by atomic mass is 9.74. The van der Waals surface area contributed by atoms with Crippen LogP contribution >= 0.6 is 0 Å². The molecule has 0 bridgehead atoms. The summed E-state index contributed by atoms with van der Waals surface area (Å²) in [5, 5.41) is 0. The number of fused-ring (bicyclic) bond motifs is 2. The van der Waals surface area contributed by atoms with Gasteiger partial charge in [0.2, 0.25) is 5.91 Å². The molecular weight excluding hydrogens is 416 g/mol. The summed E-state index contributed by atoms with van der Waals surface area (Å²) in [5.74, 6) is 1.28. The first kappa shape index (κ1) is 22.0. The molecule has 2 aromatic rings. The zero-order valence-corrected chi connectivity index (χ0v) is 19.3. The molecule has 0 atom stereocenters. The molecule has 1 aliphatic carbocycles. The smallest absolute Gasteiger partial charge is 0.339 e. The van der Waals surface area contributed by atoms with Crippen molar-refractivity contribution in [3.63, 3.8) is 0 Å². The Morgan fingerprint density at radius 2 is 1.82 bits per heavy atom. The average Bonchev–Trinajstić information content (AvgIpc) is 3.45. The van der Waals surface area contributed by atoms with E-state index >= 15 is 0 Å². The lowest BCUT2D eigenvalue weighted by Crippen LogP contribution is -2.41. The van der Waals surface area contributed by atoms with E-state index in [0.29, 0.717) is 24.2 Å². The van der Waals surface area contributed by atoms with Crippen LogP contribution in [0.15, 0.2) is 48.5 Å². The van der Waals surface area contributed by atoms with Crippen LogP contribution in [0, 0.1) is 5.92 Å². The number of likely N-dealkylation sites (N-methyl/N-ethyl adjacent to an activating group) is 1. The fourth-order valence-electron chi connectivity index (χ4n) is 5.49. The summed E-state index contributed by atoms with van der Waals surface area (Å²) in [4.78, 5) is 30.1. The van der Waals surface area contributed by atoms with Crippen molar-refractivity contribution in [1.82, 2.24) is 9.80 Å². The minimum atomic E-state index is -0.609. The van der Waals surface area contributed by atoms with Gasteiger partial charge in [-0.3, -0.25) is 4.79 Å². The quantitative estimate of drug-likeness (QED) is 0.605. The summed E-state index contributed by atoms with van der Waals surface area (Å²) < 4.78 is 11.8. The maximum Gasteiger partial charge on any atom is 0.339 e. The molecule has 6 heteroatoms. The Kier molecular flexibility index (Phi) is 6.11. The van der Waals surface area contributed by atoms with Gasteiger partial charge < -0.3 is 19.3 Å². The average molecular weight is 449 g/mol. The number of amides is 1. The molecule has 2 fully saturated rings. The van der Waals surface area contributed by atoms with Gasteiger partial charge in [-0.05, 0) is 75.9 Å². The second kappa shape index (κ2) is 9.18. The molecule has 0 radical (unpaired) electrons. The summed E-state index contributed by atoms with van der Waals surface area (Å²) >= 11 is 0. The first-order chi connectivity index (χ1) is 16.0. The molecule has 6 nitrogen and oxygen atoms in total. The van der Waals surface area contributed by atoms with Gasteiger partial charge in [-0.1, -0.05) is 24.3 Å². The third kappa shape index (κ3) is 4.49. The Morgan fingerprint density at radius 1 is 1.09 bits per heavy atom. The van der Waals surface area contributed by atoms with E-state index in [4.69, 9.17) is 9.47 Å². The van der Waals surface area contributed by atoms with Gasteiger partial charge in [-0.15, -0.1) is 0 Å². The second-order valence-corrected chi connectivity index (χ2v) is 9.59. The lowest BCUT2D eigenvalue weighted by molar-refractivity contribution is -0.137. The van der Waals surface area contributed by atoms with Crippen LogP contribution in [0.5, 0.6) is 11.5 Å². The van der Waals surface area contributed by atoms with Crippen LogP contribution in [0.3, 0.4) is 0 Å². The van der Waals surface area contributed by atoms with Crippen LogP contribution in [0.25, 0.3) is 0 Å². The third-order valence-corrected chi connectivity index (χ3v) is 7.44. The van der Waals surface area contributed by atoms with Gasteiger partial charge in [0, 0.05) is 31.6 Å². The number of likely N-dealkylation sites (tertiary alicyclic amines) is 1. The zero-order chi connectivity index (χ0) is 22.8. The number of carbonyl (C=O) groups excluding carboxylic acids is 2. The highest BCUT2D eigenvalue weighted by Gasteiger charge is 2.48. The molecule has 1 saturated heterocycles. The molecule has 1 spiro atoms. The Labute approximate surface area is 195 Å². The summed E-state index contributed by atoms with van der Waals surface area (Å²) in [7, 11) is 1.92. The molecule has 2 heterocycles. The number of hydrogen-bond acceptors (Lipinski definition) is 5. The van der Waals surface area contributed by atoms with Crippen molar-refractivity contribution in [2.24, 2.45) is 5.92 Å². The van der Waals surface area contributed by atoms with Crippen molar-refractivity contribution >= 4 is 11.9 Å². The maximum absolute atomic E-state index is 13.0. The van der Waals surface area contributed by atoms with Gasteiger partial charge >= 0.3 is 5.97 Å². The highest BCUT2D eigenvalue weighted by atomic mass is 16.6. The summed E-state index contributed by atoms with van der Waals surface area (Å²) in [5.41, 5.74) is 0.903. The highest BCUT2D eigenvalue weighted by molar-refractivity contribution is 5.95. The molecule has 0 aromatic heterocycles. The fourth-order valence-corrected chi connectivity index (χ4v) is 5.49. The van der Waals surface area contributed by atoms with E-state index in [9.17, 15) is 9.59 Å². The normalized spacial score (nSPS) is 24.5. The largest absolute Gasteiger partial charge is 0.457 e. The molecule has 0 unspecified atom stereocenters. The monoisotopic (exact) mass is 448 g/mol. The van der Waals surface area contributed by atoms with Gasteiger partial charge in [-0.25, -0.2) is 4.79 Å². The number of esters is 1. The van der Waals surface area contributed by atoms with E-state index in [1.165, 1.54) is 12.8 Å². The van der Waals surface area contributed by atoms with E-state index < -0.39 is 5.60 Å². The summed E-state index contributed by atoms with van der Waals surface area (Å²) in [6, 6.07) is 15.2. The van der Waals surface area contributed by atoms with Gasteiger partial charge in [0.25, 0.3) is 0 Å². The standard InChI is InChI=1S/C27H32N2O4/c1-28(17-18-29-15-5-6-16-29)25(30)20-11-13-27(14-12-20)24-10-9-22(19-23(24)26(31)33-27)32-21-7-3-2-4-8-21/h2-4,7-10,19-20H,5-6,11-18H2,1H3. The highest BCUT2D eigenvalue weighted by Crippen LogP contribution is 2.49. The van der Waals surface area contributed by atoms with E-state index in [1.54, 1.807) is 6.07 Å². The van der Waals surface area contributed by atoms with Crippen LogP contribution in [0.2, 0.25) is 0 Å². The number of hydrogen-bond donors (Lipinski definition) is 0. The minimum Gasteiger partial charge on any atom is -0.457 e. The number of benzene rings is 2. The molecule has 2 aliphatic heterocycles. The second-order valence-electron chi connectivity index (χ2n) is 9.59. The predicted molar refractivity (Wildman–Crippen MR) is 125 cm³/mol. The topological polar surface area (TPSA) is 59.1 Å². The van der Waals surface area contributed by atoms with Gasteiger partial charge in [0.05, 0.1) is 5.56 Å². The van der Waals surface area contributed by atoms with Crippen molar-refractivity contribution in [1.29, 1.82) is 0 Å². The van der Waals surface area contributed by atoms with E-state index in [1.807, 2.05) is 54.4 Å². The number of nitrogens with zero attached hydrogens (tertiary/aromatic N) is 2. The van der Waals surface area contributed by atoms with Gasteiger partial charge in [0.1, 0.15) is 17.1 Å². The minimum absolute atomic E-state index is 0.00245. The lowest BCUT2D eigenvalue weighted by Gasteiger charge is -2.37. The van der Waals surface area contributed by atoms with E-state index in [0.717, 1.165) is 50.3 Å². The molecule has 1 saturated carbocycles. The summed E-state index contributed by atoms with van der Waals surface area (Å²) in [6.07, 6.45) is 5.37. The molecule has 33 heavy (non-hydrogen) atoms. The van der Waals surface area contributed by atoms with Crippen molar-refractivity contribution in [3.8, 4) is 11.5 Å². The molecule has 5 rings (SSSR count). The Bertz CT molecular complexity index is 1010. The van der Waals surface area contributed by atoms with E-state index in [-0.39, 0.29) is 17.8 Å². The first-order valence-electron chi connectivity index (χ1n) is 12.1. The molecular formula is C27H32N2O4. The first-order valence-corrected chi connectivity index (χ1v) is 12.1. The zero-order valence-electron chi connectivity index (χ0n) is 19.3. The third-order valence-electron chi connectivity index (χ3n) is 7.44. The molecule has 1 amide bonds. The van der Waals surface area contributed by atoms with Crippen LogP contribution in [0.1, 0.15) is 54.4 Å². The van der Waals surface area contributed by atoms with Crippen LogP contribution in [-0.4, -0.2) is 54.9 Å². The van der Waals surface area contributed by atoms with Crippen molar-refractivity contribution < 1.29 is 19.1 Å². The van der Waals surface area contributed by atoms with Crippen molar-refractivity contribution in [2.45, 2.75) is 44.1 Å². The van der Waals surface area contributed by atoms with Crippen molar-refractivity contribution in [3.05, 3.63) is 59.7 Å². The van der Waals surface area contributed by atoms with Crippen LogP contribution < -0.4 is 4.74 Å². The number of carbonyl (C=O) groups is 2. The van der Waals surface area contributed by atoms with Gasteiger partial charge in [0.15, 0.2) is 0 Å². The molecule has 174 valence electrons. The maximum atomic E-state index is 13.0. The number of para-hydroxylation sites is 1. The molecule has 0 N–H and O–H groups in total. The van der Waals surface area contributed by atoms with Crippen LogP contribution in [-0.2, 0) is 15.1 Å². The predicted octanol–water partition coefficient (Wildman–Crippen LogP) is 4.59. The Hall–Kier alpha value is -2.86. The molecule has 2 aromatic carbocycles. The van der Waals surface area contributed by atoms with E-state index in [2.05, 4.69) is 4.90 Å².